The number of aromatic amines is 1. The Labute approximate surface area is 262 Å². The average Bonchev–Trinajstić information content (AvgIpc) is 3.84. The normalized spacial score (nSPS) is 17.7. The molecule has 2 N–H and O–H groups in total. The zero-order valence-corrected chi connectivity index (χ0v) is 25.4. The van der Waals surface area contributed by atoms with Crippen molar-refractivity contribution in [2.75, 3.05) is 51.3 Å². The molecule has 9 heteroatoms. The number of H-pyrrole nitrogens is 1. The quantitative estimate of drug-likeness (QED) is 0.260. The Bertz CT molecular complexity index is 1890. The summed E-state index contributed by atoms with van der Waals surface area (Å²) in [6.07, 6.45) is 3.87. The molecule has 9 nitrogen and oxygen atoms in total. The fourth-order valence-electron chi connectivity index (χ4n) is 6.53. The van der Waals surface area contributed by atoms with Gasteiger partial charge in [-0.05, 0) is 72.8 Å². The number of fused-ring (bicyclic) bond motifs is 2. The van der Waals surface area contributed by atoms with Gasteiger partial charge in [-0.2, -0.15) is 0 Å². The van der Waals surface area contributed by atoms with Gasteiger partial charge >= 0.3 is 0 Å². The van der Waals surface area contributed by atoms with Crippen molar-refractivity contribution in [3.8, 4) is 34.0 Å². The first kappa shape index (κ1) is 27.8. The lowest BCUT2D eigenvalue weighted by atomic mass is 10.0. The number of carbonyl (C=O) groups excluding carboxylic acids is 1. The molecular weight excluding hydrogens is 564 g/mol. The summed E-state index contributed by atoms with van der Waals surface area (Å²) in [7, 11) is 2.18. The Morgan fingerprint density at radius 3 is 2.56 bits per heavy atom. The summed E-state index contributed by atoms with van der Waals surface area (Å²) in [4.78, 5) is 32.7. The van der Waals surface area contributed by atoms with E-state index in [-0.39, 0.29) is 11.7 Å². The Kier molecular flexibility index (Phi) is 6.99. The third kappa shape index (κ3) is 5.32. The van der Waals surface area contributed by atoms with E-state index in [1.165, 1.54) is 30.3 Å². The molecule has 0 radical (unpaired) electrons. The number of rotatable bonds is 6. The first-order chi connectivity index (χ1) is 22.0. The lowest BCUT2D eigenvalue weighted by Gasteiger charge is -2.32. The average molecular weight is 601 g/mol. The number of likely N-dealkylation sites (N-methyl/N-ethyl adjacent to an activating group) is 1. The maximum atomic E-state index is 13.8. The highest BCUT2D eigenvalue weighted by atomic mass is 16.5. The van der Waals surface area contributed by atoms with E-state index in [0.717, 1.165) is 49.4 Å². The lowest BCUT2D eigenvalue weighted by Crippen LogP contribution is -2.43. The number of hydrogen-bond acceptors (Lipinski definition) is 7. The molecular formula is C36H36N6O3. The van der Waals surface area contributed by atoms with Crippen molar-refractivity contribution in [3.05, 3.63) is 89.7 Å². The number of para-hydroxylation sites is 1. The summed E-state index contributed by atoms with van der Waals surface area (Å²) in [5.41, 5.74) is 7.25. The van der Waals surface area contributed by atoms with Gasteiger partial charge in [-0.25, -0.2) is 9.97 Å². The smallest absolute Gasteiger partial charge is 0.262 e. The third-order valence-corrected chi connectivity index (χ3v) is 9.36. The molecule has 3 aromatic carbocycles. The van der Waals surface area contributed by atoms with Gasteiger partial charge < -0.3 is 24.6 Å². The van der Waals surface area contributed by atoms with Crippen molar-refractivity contribution >= 4 is 22.6 Å². The van der Waals surface area contributed by atoms with Crippen LogP contribution in [-0.4, -0.2) is 82.1 Å². The van der Waals surface area contributed by atoms with E-state index in [0.29, 0.717) is 53.0 Å². The van der Waals surface area contributed by atoms with Crippen LogP contribution in [0.25, 0.3) is 33.5 Å². The van der Waals surface area contributed by atoms with E-state index < -0.39 is 0 Å². The number of nitrogens with zero attached hydrogens (tertiary/aromatic N) is 5. The number of ether oxygens (including phenoxy) is 1. The van der Waals surface area contributed by atoms with Crippen LogP contribution >= 0.6 is 0 Å². The molecule has 3 aliphatic rings. The molecule has 1 aliphatic carbocycles. The molecule has 2 fully saturated rings. The first-order valence-electron chi connectivity index (χ1n) is 15.8. The predicted molar refractivity (Wildman–Crippen MR) is 175 cm³/mol. The Balaban J connectivity index is 1.08. The topological polar surface area (TPSA) is 97.8 Å². The Hall–Kier alpha value is -4.73. The molecule has 45 heavy (non-hydrogen) atoms. The molecule has 8 rings (SSSR count). The highest BCUT2D eigenvalue weighted by Crippen LogP contribution is 2.44. The van der Waals surface area contributed by atoms with Gasteiger partial charge in [-0.1, -0.05) is 36.4 Å². The van der Waals surface area contributed by atoms with Gasteiger partial charge in [-0.3, -0.25) is 9.69 Å². The maximum absolute atomic E-state index is 13.8. The number of nitrogens with one attached hydrogen (secondary N) is 1. The molecule has 0 atom stereocenters. The van der Waals surface area contributed by atoms with Crippen LogP contribution in [0.1, 0.15) is 40.2 Å². The molecule has 228 valence electrons. The van der Waals surface area contributed by atoms with Gasteiger partial charge in [0.2, 0.25) is 0 Å². The summed E-state index contributed by atoms with van der Waals surface area (Å²) in [5.74, 6) is 0.997. The monoisotopic (exact) mass is 600 g/mol. The molecule has 0 spiro atoms. The molecule has 1 saturated carbocycles. The van der Waals surface area contributed by atoms with Crippen molar-refractivity contribution in [2.24, 2.45) is 0 Å². The minimum atomic E-state index is -0.190. The molecule has 1 amide bonds. The highest BCUT2D eigenvalue weighted by molar-refractivity contribution is 6.10. The van der Waals surface area contributed by atoms with Crippen LogP contribution in [0.15, 0.2) is 73.1 Å². The van der Waals surface area contributed by atoms with Gasteiger partial charge in [0.15, 0.2) is 0 Å². The number of carbonyl (C=O) groups is 1. The maximum Gasteiger partial charge on any atom is 0.262 e. The van der Waals surface area contributed by atoms with E-state index in [9.17, 15) is 9.90 Å². The number of hydrogen-bond donors (Lipinski definition) is 2. The zero-order valence-electron chi connectivity index (χ0n) is 25.4. The van der Waals surface area contributed by atoms with Crippen molar-refractivity contribution < 1.29 is 14.6 Å². The van der Waals surface area contributed by atoms with Crippen molar-refractivity contribution in [2.45, 2.75) is 25.3 Å². The van der Waals surface area contributed by atoms with E-state index in [4.69, 9.17) is 4.74 Å². The zero-order chi connectivity index (χ0) is 30.5. The van der Waals surface area contributed by atoms with E-state index in [1.807, 2.05) is 36.4 Å². The van der Waals surface area contributed by atoms with Crippen LogP contribution in [0.2, 0.25) is 0 Å². The van der Waals surface area contributed by atoms with Crippen LogP contribution in [0.3, 0.4) is 0 Å². The number of benzene rings is 3. The second-order valence-electron chi connectivity index (χ2n) is 12.5. The molecule has 0 unspecified atom stereocenters. The number of amides is 1. The van der Waals surface area contributed by atoms with Crippen LogP contribution in [0, 0.1) is 0 Å². The number of anilines is 1. The van der Waals surface area contributed by atoms with E-state index in [2.05, 4.69) is 56.1 Å². The number of piperazine rings is 1. The van der Waals surface area contributed by atoms with Gasteiger partial charge in [0, 0.05) is 49.4 Å². The number of phenols is 1. The van der Waals surface area contributed by atoms with Gasteiger partial charge in [0.25, 0.3) is 5.91 Å². The molecule has 2 aliphatic heterocycles. The van der Waals surface area contributed by atoms with Crippen LogP contribution < -0.4 is 9.64 Å². The second kappa shape index (κ2) is 11.3. The molecule has 2 aromatic heterocycles. The van der Waals surface area contributed by atoms with E-state index in [1.54, 1.807) is 11.0 Å². The Morgan fingerprint density at radius 1 is 0.933 bits per heavy atom. The highest BCUT2D eigenvalue weighted by Gasteiger charge is 2.30. The van der Waals surface area contributed by atoms with Gasteiger partial charge in [-0.15, -0.1) is 0 Å². The second-order valence-corrected chi connectivity index (χ2v) is 12.5. The van der Waals surface area contributed by atoms with Crippen molar-refractivity contribution in [3.63, 3.8) is 0 Å². The predicted octanol–water partition coefficient (Wildman–Crippen LogP) is 5.66. The standard InChI is InChI=1S/C36H36N6O3/c1-40-13-15-41(16-14-40)21-23-5-7-25(8-6-23)30-20-29-33(37-22-38-35(29)39-30)28-3-2-4-31(34(28)43)42-17-18-45-32-19-26(24-9-10-24)11-12-27(32)36(42)44/h2-8,11-12,19-20,22,24,43H,9-10,13-18,21H2,1H3,(H,37,38,39). The summed E-state index contributed by atoms with van der Waals surface area (Å²) >= 11 is 0. The third-order valence-electron chi connectivity index (χ3n) is 9.36. The number of aromatic nitrogens is 3. The summed E-state index contributed by atoms with van der Waals surface area (Å²) in [6.45, 7) is 5.99. The summed E-state index contributed by atoms with van der Waals surface area (Å²) in [6, 6.07) is 22.0. The summed E-state index contributed by atoms with van der Waals surface area (Å²) < 4.78 is 6.02. The molecule has 5 aromatic rings. The lowest BCUT2D eigenvalue weighted by molar-refractivity contribution is 0.0989. The largest absolute Gasteiger partial charge is 0.505 e. The minimum absolute atomic E-state index is 0.0000834. The van der Waals surface area contributed by atoms with Crippen molar-refractivity contribution in [1.82, 2.24) is 24.8 Å². The first-order valence-corrected chi connectivity index (χ1v) is 15.8. The Morgan fingerprint density at radius 2 is 1.76 bits per heavy atom. The number of phenolic OH excluding ortho intramolecular Hbond substituents is 1. The van der Waals surface area contributed by atoms with Crippen LogP contribution in [0.5, 0.6) is 11.5 Å². The van der Waals surface area contributed by atoms with Crippen LogP contribution in [-0.2, 0) is 6.54 Å². The molecule has 4 heterocycles. The fraction of sp³-hybridized carbons (Fsp3) is 0.306. The van der Waals surface area contributed by atoms with Gasteiger partial charge in [0.1, 0.15) is 30.1 Å². The molecule has 1 saturated heterocycles. The van der Waals surface area contributed by atoms with Crippen molar-refractivity contribution in [1.29, 1.82) is 0 Å². The van der Waals surface area contributed by atoms with Crippen LogP contribution in [0.4, 0.5) is 5.69 Å². The fourth-order valence-corrected chi connectivity index (χ4v) is 6.53. The number of aromatic hydroxyl groups is 1. The SMILES string of the molecule is CN1CCN(Cc2ccc(-c3cc4c(-c5cccc(N6CCOc7cc(C8CC8)ccc7C6=O)c5O)ncnc4[nH]3)cc2)CC1. The molecule has 0 bridgehead atoms. The minimum Gasteiger partial charge on any atom is -0.505 e. The summed E-state index contributed by atoms with van der Waals surface area (Å²) in [5, 5.41) is 12.4. The van der Waals surface area contributed by atoms with Gasteiger partial charge in [0.05, 0.1) is 23.5 Å². The van der Waals surface area contributed by atoms with E-state index >= 15 is 0 Å².